The molecule has 1 fully saturated rings. The maximum Gasteiger partial charge on any atom is 0.362 e. The third-order valence-electron chi connectivity index (χ3n) is 5.65. The van der Waals surface area contributed by atoms with Gasteiger partial charge >= 0.3 is 11.7 Å². The number of aryl methyl sites for hydroxylation is 1. The fourth-order valence-electron chi connectivity index (χ4n) is 4.08. The molecule has 6 nitrogen and oxygen atoms in total. The Hall–Kier alpha value is -3.28. The van der Waals surface area contributed by atoms with Crippen molar-refractivity contribution in [3.8, 4) is 0 Å². The Kier molecular flexibility index (Phi) is 6.02. The molecular weight excluding hydrogens is 378 g/mol. The van der Waals surface area contributed by atoms with E-state index in [1.807, 2.05) is 49.4 Å². The molecule has 0 saturated heterocycles. The van der Waals surface area contributed by atoms with Crippen LogP contribution in [-0.4, -0.2) is 12.1 Å². The Bertz CT molecular complexity index is 1100. The first-order valence-corrected chi connectivity index (χ1v) is 10.6. The van der Waals surface area contributed by atoms with Gasteiger partial charge in [0.05, 0.1) is 5.69 Å². The number of anilines is 3. The summed E-state index contributed by atoms with van der Waals surface area (Å²) in [5, 5.41) is 9.91. The van der Waals surface area contributed by atoms with E-state index in [2.05, 4.69) is 16.0 Å². The molecule has 30 heavy (non-hydrogen) atoms. The average Bonchev–Trinajstić information content (AvgIpc) is 2.77. The molecule has 1 heterocycles. The van der Waals surface area contributed by atoms with Gasteiger partial charge < -0.3 is 15.1 Å². The van der Waals surface area contributed by atoms with E-state index in [4.69, 9.17) is 4.42 Å². The standard InChI is InChI=1S/C24H27N3O3/c1-2-16-10-6-8-14-19(16)26-24(29)27-22-21(25-17-11-4-3-5-12-17)18-13-7-9-15-20(18)30-23(22)28/h6-10,13-15,17,25H,2-5,11-12H2,1H3,(H2,26,27,29). The van der Waals surface area contributed by atoms with Crippen LogP contribution in [0.25, 0.3) is 11.0 Å². The minimum atomic E-state index is -0.564. The minimum absolute atomic E-state index is 0.144. The Morgan fingerprint density at radius 1 is 0.967 bits per heavy atom. The van der Waals surface area contributed by atoms with E-state index in [1.165, 1.54) is 6.42 Å². The topological polar surface area (TPSA) is 83.4 Å². The van der Waals surface area contributed by atoms with Gasteiger partial charge in [0.1, 0.15) is 5.58 Å². The van der Waals surface area contributed by atoms with Crippen LogP contribution in [0, 0.1) is 0 Å². The SMILES string of the molecule is CCc1ccccc1NC(=O)Nc1c(NC2CCCCC2)c2ccccc2oc1=O. The van der Waals surface area contributed by atoms with E-state index >= 15 is 0 Å². The number of amides is 2. The van der Waals surface area contributed by atoms with Crippen LogP contribution in [0.15, 0.2) is 57.7 Å². The second-order valence-corrected chi connectivity index (χ2v) is 7.70. The van der Waals surface area contributed by atoms with Crippen LogP contribution in [0.5, 0.6) is 0 Å². The van der Waals surface area contributed by atoms with Crippen LogP contribution in [-0.2, 0) is 6.42 Å². The summed E-state index contributed by atoms with van der Waals surface area (Å²) < 4.78 is 5.48. The van der Waals surface area contributed by atoms with Crippen LogP contribution >= 0.6 is 0 Å². The molecule has 0 bridgehead atoms. The van der Waals surface area contributed by atoms with E-state index in [0.717, 1.165) is 48.7 Å². The van der Waals surface area contributed by atoms with Crippen molar-refractivity contribution in [2.45, 2.75) is 51.5 Å². The smallest absolute Gasteiger partial charge is 0.362 e. The molecule has 4 rings (SSSR count). The largest absolute Gasteiger partial charge is 0.421 e. The number of para-hydroxylation sites is 2. The van der Waals surface area contributed by atoms with Crippen LogP contribution in [0.1, 0.15) is 44.6 Å². The first-order valence-electron chi connectivity index (χ1n) is 10.6. The molecule has 0 spiro atoms. The molecule has 3 aromatic rings. The highest BCUT2D eigenvalue weighted by atomic mass is 16.4. The van der Waals surface area contributed by atoms with Gasteiger partial charge in [-0.3, -0.25) is 5.32 Å². The molecule has 156 valence electrons. The number of nitrogens with one attached hydrogen (secondary N) is 3. The predicted molar refractivity (Wildman–Crippen MR) is 121 cm³/mol. The molecule has 1 aromatic heterocycles. The molecule has 0 unspecified atom stereocenters. The average molecular weight is 405 g/mol. The summed E-state index contributed by atoms with van der Waals surface area (Å²) in [4.78, 5) is 25.5. The van der Waals surface area contributed by atoms with Gasteiger partial charge in [-0.05, 0) is 43.0 Å². The number of urea groups is 1. The zero-order chi connectivity index (χ0) is 20.9. The number of carbonyl (C=O) groups is 1. The highest BCUT2D eigenvalue weighted by Gasteiger charge is 2.21. The maximum atomic E-state index is 12.8. The normalized spacial score (nSPS) is 14.4. The lowest BCUT2D eigenvalue weighted by Gasteiger charge is -2.25. The number of hydrogen-bond donors (Lipinski definition) is 3. The summed E-state index contributed by atoms with van der Waals surface area (Å²) in [5.41, 5.74) is 2.47. The zero-order valence-electron chi connectivity index (χ0n) is 17.2. The summed E-state index contributed by atoms with van der Waals surface area (Å²) in [6.45, 7) is 2.03. The summed E-state index contributed by atoms with van der Waals surface area (Å²) in [5.74, 6) is 0. The summed E-state index contributed by atoms with van der Waals surface area (Å²) >= 11 is 0. The van der Waals surface area contributed by atoms with E-state index in [9.17, 15) is 9.59 Å². The van der Waals surface area contributed by atoms with Crippen molar-refractivity contribution in [2.75, 3.05) is 16.0 Å². The van der Waals surface area contributed by atoms with Crippen molar-refractivity contribution >= 4 is 34.1 Å². The Balaban J connectivity index is 1.66. The van der Waals surface area contributed by atoms with E-state index in [-0.39, 0.29) is 11.7 Å². The third kappa shape index (κ3) is 4.32. The van der Waals surface area contributed by atoms with Crippen molar-refractivity contribution in [3.63, 3.8) is 0 Å². The molecule has 0 atom stereocenters. The molecule has 0 aliphatic heterocycles. The molecule has 2 amide bonds. The van der Waals surface area contributed by atoms with Crippen molar-refractivity contribution in [1.29, 1.82) is 0 Å². The highest BCUT2D eigenvalue weighted by molar-refractivity contribution is 6.06. The van der Waals surface area contributed by atoms with Gasteiger partial charge in [-0.1, -0.05) is 56.5 Å². The van der Waals surface area contributed by atoms with Gasteiger partial charge in [-0.25, -0.2) is 9.59 Å². The van der Waals surface area contributed by atoms with Gasteiger partial charge in [0.15, 0.2) is 5.69 Å². The highest BCUT2D eigenvalue weighted by Crippen LogP contribution is 2.32. The summed E-state index contributed by atoms with van der Waals surface area (Å²) in [6.07, 6.45) is 6.44. The molecule has 3 N–H and O–H groups in total. The maximum absolute atomic E-state index is 12.8. The van der Waals surface area contributed by atoms with Crippen molar-refractivity contribution in [2.24, 2.45) is 0 Å². The van der Waals surface area contributed by atoms with Gasteiger partial charge in [0.2, 0.25) is 0 Å². The molecular formula is C24H27N3O3. The molecule has 1 aliphatic rings. The predicted octanol–water partition coefficient (Wildman–Crippen LogP) is 5.74. The lowest BCUT2D eigenvalue weighted by atomic mass is 9.95. The van der Waals surface area contributed by atoms with Crippen LogP contribution in [0.3, 0.4) is 0 Å². The van der Waals surface area contributed by atoms with Crippen LogP contribution < -0.4 is 21.6 Å². The molecule has 1 aliphatic carbocycles. The minimum Gasteiger partial charge on any atom is -0.421 e. The van der Waals surface area contributed by atoms with E-state index < -0.39 is 11.7 Å². The Morgan fingerprint density at radius 3 is 2.50 bits per heavy atom. The summed E-state index contributed by atoms with van der Waals surface area (Å²) in [7, 11) is 0. The monoisotopic (exact) mass is 405 g/mol. The van der Waals surface area contributed by atoms with Crippen LogP contribution in [0.4, 0.5) is 21.9 Å². The number of rotatable bonds is 5. The quantitative estimate of drug-likeness (QED) is 0.472. The number of benzene rings is 2. The Labute approximate surface area is 175 Å². The van der Waals surface area contributed by atoms with Crippen molar-refractivity contribution in [1.82, 2.24) is 0 Å². The first-order chi connectivity index (χ1) is 14.7. The van der Waals surface area contributed by atoms with Crippen molar-refractivity contribution in [3.05, 3.63) is 64.5 Å². The number of fused-ring (bicyclic) bond motifs is 1. The molecule has 1 saturated carbocycles. The van der Waals surface area contributed by atoms with Gasteiger partial charge in [0.25, 0.3) is 0 Å². The molecule has 0 radical (unpaired) electrons. The Morgan fingerprint density at radius 2 is 1.70 bits per heavy atom. The lowest BCUT2D eigenvalue weighted by molar-refractivity contribution is 0.262. The van der Waals surface area contributed by atoms with Crippen molar-refractivity contribution < 1.29 is 9.21 Å². The lowest BCUT2D eigenvalue weighted by Crippen LogP contribution is -2.28. The van der Waals surface area contributed by atoms with Gasteiger partial charge in [-0.15, -0.1) is 0 Å². The van der Waals surface area contributed by atoms with Crippen LogP contribution in [0.2, 0.25) is 0 Å². The first kappa shape index (κ1) is 20.0. The zero-order valence-corrected chi connectivity index (χ0v) is 17.2. The summed E-state index contributed by atoms with van der Waals surface area (Å²) in [6, 6.07) is 14.8. The van der Waals surface area contributed by atoms with Gasteiger partial charge in [-0.2, -0.15) is 0 Å². The fourth-order valence-corrected chi connectivity index (χ4v) is 4.08. The third-order valence-corrected chi connectivity index (χ3v) is 5.65. The number of hydrogen-bond acceptors (Lipinski definition) is 4. The second kappa shape index (κ2) is 9.03. The second-order valence-electron chi connectivity index (χ2n) is 7.70. The molecule has 6 heteroatoms. The molecule has 2 aromatic carbocycles. The van der Waals surface area contributed by atoms with E-state index in [0.29, 0.717) is 11.3 Å². The fraction of sp³-hybridized carbons (Fsp3) is 0.333. The number of carbonyl (C=O) groups excluding carboxylic acids is 1. The van der Waals surface area contributed by atoms with Gasteiger partial charge in [0, 0.05) is 17.1 Å². The van der Waals surface area contributed by atoms with E-state index in [1.54, 1.807) is 6.07 Å².